The number of aromatic hydroxyl groups is 1. The summed E-state index contributed by atoms with van der Waals surface area (Å²) in [6.07, 6.45) is 0. The summed E-state index contributed by atoms with van der Waals surface area (Å²) in [7, 11) is 0. The van der Waals surface area contributed by atoms with Crippen molar-refractivity contribution in [3.63, 3.8) is 0 Å². The molecule has 0 saturated carbocycles. The Labute approximate surface area is 112 Å². The Hall–Kier alpha value is -2.29. The fraction of sp³-hybridized carbons (Fsp3) is 0.188. The average molecular weight is 256 g/mol. The standard InChI is InChI=1S/C16H16O3/c1-10-8-9-13(15(17)14(10)16(18)19)11(2)12-6-4-3-5-7-12/h3-9,11,17H,1-2H3,(H,18,19). The van der Waals surface area contributed by atoms with Gasteiger partial charge in [0.25, 0.3) is 0 Å². The van der Waals surface area contributed by atoms with E-state index in [2.05, 4.69) is 0 Å². The van der Waals surface area contributed by atoms with Crippen LogP contribution in [0, 0.1) is 6.92 Å². The predicted molar refractivity (Wildman–Crippen MR) is 73.8 cm³/mol. The van der Waals surface area contributed by atoms with Crippen LogP contribution in [0.25, 0.3) is 0 Å². The van der Waals surface area contributed by atoms with Crippen LogP contribution in [-0.2, 0) is 0 Å². The number of carboxylic acids is 1. The largest absolute Gasteiger partial charge is 0.507 e. The topological polar surface area (TPSA) is 57.5 Å². The van der Waals surface area contributed by atoms with Gasteiger partial charge >= 0.3 is 5.97 Å². The monoisotopic (exact) mass is 256 g/mol. The second-order valence-electron chi connectivity index (χ2n) is 4.63. The van der Waals surface area contributed by atoms with Gasteiger partial charge in [-0.25, -0.2) is 4.79 Å². The molecule has 3 nitrogen and oxygen atoms in total. The van der Waals surface area contributed by atoms with Crippen molar-refractivity contribution < 1.29 is 15.0 Å². The van der Waals surface area contributed by atoms with Gasteiger partial charge in [0, 0.05) is 11.5 Å². The fourth-order valence-electron chi connectivity index (χ4n) is 2.25. The highest BCUT2D eigenvalue weighted by Crippen LogP contribution is 2.34. The molecule has 2 aromatic carbocycles. The maximum atomic E-state index is 11.2. The maximum absolute atomic E-state index is 11.2. The molecule has 98 valence electrons. The van der Waals surface area contributed by atoms with Crippen molar-refractivity contribution in [1.82, 2.24) is 0 Å². The van der Waals surface area contributed by atoms with Gasteiger partial charge < -0.3 is 10.2 Å². The van der Waals surface area contributed by atoms with E-state index in [-0.39, 0.29) is 17.2 Å². The Morgan fingerprint density at radius 3 is 2.32 bits per heavy atom. The molecule has 0 saturated heterocycles. The lowest BCUT2D eigenvalue weighted by Gasteiger charge is -2.16. The molecule has 0 radical (unpaired) electrons. The third-order valence-electron chi connectivity index (χ3n) is 3.40. The minimum Gasteiger partial charge on any atom is -0.507 e. The summed E-state index contributed by atoms with van der Waals surface area (Å²) in [6, 6.07) is 13.2. The molecule has 3 heteroatoms. The number of hydrogen-bond donors (Lipinski definition) is 2. The van der Waals surface area contributed by atoms with E-state index >= 15 is 0 Å². The number of rotatable bonds is 3. The van der Waals surface area contributed by atoms with Gasteiger partial charge in [-0.05, 0) is 18.1 Å². The van der Waals surface area contributed by atoms with Gasteiger partial charge in [-0.3, -0.25) is 0 Å². The Bertz CT molecular complexity index is 603. The molecule has 19 heavy (non-hydrogen) atoms. The molecule has 0 amide bonds. The molecule has 0 bridgehead atoms. The lowest BCUT2D eigenvalue weighted by Crippen LogP contribution is -2.05. The molecular formula is C16H16O3. The van der Waals surface area contributed by atoms with E-state index in [1.807, 2.05) is 37.3 Å². The van der Waals surface area contributed by atoms with Gasteiger partial charge in [0.15, 0.2) is 0 Å². The molecule has 1 atom stereocenters. The number of phenols is 1. The minimum absolute atomic E-state index is 0.0136. The van der Waals surface area contributed by atoms with Gasteiger partial charge in [0.05, 0.1) is 0 Å². The Balaban J connectivity index is 2.52. The highest BCUT2D eigenvalue weighted by Gasteiger charge is 2.20. The van der Waals surface area contributed by atoms with Crippen molar-refractivity contribution >= 4 is 5.97 Å². The first-order valence-corrected chi connectivity index (χ1v) is 6.13. The van der Waals surface area contributed by atoms with Crippen LogP contribution in [-0.4, -0.2) is 16.2 Å². The smallest absolute Gasteiger partial charge is 0.339 e. The van der Waals surface area contributed by atoms with Crippen LogP contribution in [0.3, 0.4) is 0 Å². The molecule has 0 aromatic heterocycles. The maximum Gasteiger partial charge on any atom is 0.339 e. The number of benzene rings is 2. The summed E-state index contributed by atoms with van der Waals surface area (Å²) in [4.78, 5) is 11.2. The molecule has 0 aliphatic rings. The van der Waals surface area contributed by atoms with Gasteiger partial charge in [-0.15, -0.1) is 0 Å². The number of hydrogen-bond acceptors (Lipinski definition) is 2. The van der Waals surface area contributed by atoms with E-state index in [0.29, 0.717) is 11.1 Å². The lowest BCUT2D eigenvalue weighted by molar-refractivity contribution is 0.0692. The fourth-order valence-corrected chi connectivity index (χ4v) is 2.25. The van der Waals surface area contributed by atoms with Gasteiger partial charge in [0.2, 0.25) is 0 Å². The molecule has 2 aromatic rings. The van der Waals surface area contributed by atoms with E-state index in [9.17, 15) is 9.90 Å². The second kappa shape index (κ2) is 5.14. The van der Waals surface area contributed by atoms with Crippen molar-refractivity contribution in [2.45, 2.75) is 19.8 Å². The SMILES string of the molecule is Cc1ccc(C(C)c2ccccc2)c(O)c1C(=O)O. The normalized spacial score (nSPS) is 12.1. The van der Waals surface area contributed by atoms with Crippen LogP contribution < -0.4 is 0 Å². The highest BCUT2D eigenvalue weighted by molar-refractivity contribution is 5.93. The number of aromatic carboxylic acids is 1. The van der Waals surface area contributed by atoms with Crippen molar-refractivity contribution in [3.8, 4) is 5.75 Å². The Morgan fingerprint density at radius 2 is 1.74 bits per heavy atom. The first-order chi connectivity index (χ1) is 9.02. The molecular weight excluding hydrogens is 240 g/mol. The van der Waals surface area contributed by atoms with Crippen molar-refractivity contribution in [2.75, 3.05) is 0 Å². The van der Waals surface area contributed by atoms with Crippen LogP contribution in [0.4, 0.5) is 0 Å². The molecule has 0 aliphatic carbocycles. The zero-order valence-electron chi connectivity index (χ0n) is 10.9. The van der Waals surface area contributed by atoms with E-state index in [1.54, 1.807) is 19.1 Å². The van der Waals surface area contributed by atoms with Crippen molar-refractivity contribution in [1.29, 1.82) is 0 Å². The summed E-state index contributed by atoms with van der Waals surface area (Å²) in [5.41, 5.74) is 2.22. The Kier molecular flexibility index (Phi) is 3.56. The zero-order chi connectivity index (χ0) is 14.0. The van der Waals surface area contributed by atoms with E-state index in [4.69, 9.17) is 5.11 Å². The first-order valence-electron chi connectivity index (χ1n) is 6.13. The third-order valence-corrected chi connectivity index (χ3v) is 3.40. The second-order valence-corrected chi connectivity index (χ2v) is 4.63. The van der Waals surface area contributed by atoms with Crippen LogP contribution in [0.1, 0.15) is 39.9 Å². The molecule has 0 heterocycles. The zero-order valence-corrected chi connectivity index (χ0v) is 10.9. The number of carboxylic acid groups (broad SMARTS) is 1. The highest BCUT2D eigenvalue weighted by atomic mass is 16.4. The van der Waals surface area contributed by atoms with E-state index in [1.165, 1.54) is 0 Å². The quantitative estimate of drug-likeness (QED) is 0.882. The summed E-state index contributed by atoms with van der Waals surface area (Å²) >= 11 is 0. The van der Waals surface area contributed by atoms with Gasteiger partial charge in [-0.1, -0.05) is 49.4 Å². The summed E-state index contributed by atoms with van der Waals surface area (Å²) in [5, 5.41) is 19.4. The lowest BCUT2D eigenvalue weighted by atomic mass is 9.90. The number of carbonyl (C=O) groups is 1. The molecule has 0 spiro atoms. The molecule has 0 aliphatic heterocycles. The van der Waals surface area contributed by atoms with E-state index < -0.39 is 5.97 Å². The van der Waals surface area contributed by atoms with Crippen molar-refractivity contribution in [3.05, 3.63) is 64.7 Å². The molecule has 1 unspecified atom stereocenters. The van der Waals surface area contributed by atoms with Gasteiger partial charge in [0.1, 0.15) is 11.3 Å². The van der Waals surface area contributed by atoms with Crippen LogP contribution in [0.15, 0.2) is 42.5 Å². The summed E-state index contributed by atoms with van der Waals surface area (Å²) in [6.45, 7) is 3.63. The summed E-state index contributed by atoms with van der Waals surface area (Å²) < 4.78 is 0. The molecule has 0 fully saturated rings. The van der Waals surface area contributed by atoms with Crippen molar-refractivity contribution in [2.24, 2.45) is 0 Å². The van der Waals surface area contributed by atoms with Gasteiger partial charge in [-0.2, -0.15) is 0 Å². The van der Waals surface area contributed by atoms with Crippen LogP contribution >= 0.6 is 0 Å². The Morgan fingerprint density at radius 1 is 1.11 bits per heavy atom. The van der Waals surface area contributed by atoms with Crippen LogP contribution in [0.2, 0.25) is 0 Å². The first kappa shape index (κ1) is 13.1. The average Bonchev–Trinajstić information content (AvgIpc) is 2.39. The third kappa shape index (κ3) is 2.45. The molecule has 2 N–H and O–H groups in total. The van der Waals surface area contributed by atoms with Crippen LogP contribution in [0.5, 0.6) is 5.75 Å². The summed E-state index contributed by atoms with van der Waals surface area (Å²) in [5.74, 6) is -1.29. The molecule has 2 rings (SSSR count). The number of aryl methyl sites for hydroxylation is 1. The minimum atomic E-state index is -1.10. The van der Waals surface area contributed by atoms with E-state index in [0.717, 1.165) is 5.56 Å². The predicted octanol–water partition coefficient (Wildman–Crippen LogP) is 3.55.